The summed E-state index contributed by atoms with van der Waals surface area (Å²) >= 11 is 1.26. The number of hydrogen-bond acceptors (Lipinski definition) is 7. The van der Waals surface area contributed by atoms with Gasteiger partial charge >= 0.3 is 5.97 Å². The second-order valence-corrected chi connectivity index (χ2v) is 10.1. The minimum atomic E-state index is -3.16. The van der Waals surface area contributed by atoms with Gasteiger partial charge in [-0.3, -0.25) is 9.59 Å². The van der Waals surface area contributed by atoms with Crippen LogP contribution >= 0.6 is 11.3 Å². The number of ether oxygens (including phenoxy) is 1. The van der Waals surface area contributed by atoms with Crippen LogP contribution < -0.4 is 10.6 Å². The van der Waals surface area contributed by atoms with Crippen molar-refractivity contribution in [3.05, 3.63) is 16.0 Å². The fourth-order valence-corrected chi connectivity index (χ4v) is 5.99. The largest absolute Gasteiger partial charge is 0.452 e. The van der Waals surface area contributed by atoms with E-state index in [2.05, 4.69) is 10.6 Å². The smallest absolute Gasteiger partial charge is 0.341 e. The molecule has 0 aromatic carbocycles. The standard InChI is InChI=1S/C16H22N2O6S2/c1-9-10(2)25-14(17-11(3)19)13(9)15(21)24-7-12(20)18-16(4)5-6-26(22,23)8-16/h5-8H2,1-4H3,(H,17,19)(H,18,20)/t16-/m0/s1. The first kappa shape index (κ1) is 20.4. The van der Waals surface area contributed by atoms with Crippen molar-refractivity contribution in [2.24, 2.45) is 0 Å². The maximum Gasteiger partial charge on any atom is 0.341 e. The second-order valence-electron chi connectivity index (χ2n) is 6.70. The topological polar surface area (TPSA) is 119 Å². The Morgan fingerprint density at radius 2 is 1.92 bits per heavy atom. The molecule has 1 aliphatic heterocycles. The number of thiophene rings is 1. The number of anilines is 1. The van der Waals surface area contributed by atoms with E-state index in [4.69, 9.17) is 4.74 Å². The Morgan fingerprint density at radius 1 is 1.27 bits per heavy atom. The van der Waals surface area contributed by atoms with Gasteiger partial charge in [-0.2, -0.15) is 0 Å². The Morgan fingerprint density at radius 3 is 2.46 bits per heavy atom. The number of nitrogens with one attached hydrogen (secondary N) is 2. The molecule has 1 aromatic rings. The highest BCUT2D eigenvalue weighted by atomic mass is 32.2. The van der Waals surface area contributed by atoms with Crippen molar-refractivity contribution in [3.63, 3.8) is 0 Å². The number of aryl methyl sites for hydroxylation is 1. The van der Waals surface area contributed by atoms with Crippen molar-refractivity contribution in [1.29, 1.82) is 0 Å². The molecule has 8 nitrogen and oxygen atoms in total. The van der Waals surface area contributed by atoms with Gasteiger partial charge in [-0.15, -0.1) is 11.3 Å². The van der Waals surface area contributed by atoms with Gasteiger partial charge in [0.1, 0.15) is 5.00 Å². The van der Waals surface area contributed by atoms with E-state index in [1.54, 1.807) is 13.8 Å². The molecule has 2 amide bonds. The normalized spacial score (nSPS) is 21.2. The summed E-state index contributed by atoms with van der Waals surface area (Å²) in [6.07, 6.45) is 0.324. The monoisotopic (exact) mass is 402 g/mol. The summed E-state index contributed by atoms with van der Waals surface area (Å²) in [6, 6.07) is 0. The quantitative estimate of drug-likeness (QED) is 0.714. The van der Waals surface area contributed by atoms with Crippen molar-refractivity contribution >= 4 is 44.0 Å². The molecule has 0 bridgehead atoms. The van der Waals surface area contributed by atoms with Crippen LogP contribution in [0.4, 0.5) is 5.00 Å². The molecule has 26 heavy (non-hydrogen) atoms. The number of esters is 1. The number of amides is 2. The molecular formula is C16H22N2O6S2. The lowest BCUT2D eigenvalue weighted by Crippen LogP contribution is -2.48. The zero-order chi connectivity index (χ0) is 19.7. The first-order chi connectivity index (χ1) is 11.9. The van der Waals surface area contributed by atoms with Gasteiger partial charge in [0, 0.05) is 11.8 Å². The molecule has 144 valence electrons. The molecule has 0 spiro atoms. The number of rotatable bonds is 5. The summed E-state index contributed by atoms with van der Waals surface area (Å²) in [5.74, 6) is -1.70. The third-order valence-corrected chi connectivity index (χ3v) is 7.18. The maximum absolute atomic E-state index is 12.4. The molecule has 0 saturated carbocycles. The van der Waals surface area contributed by atoms with Gasteiger partial charge in [0.2, 0.25) is 5.91 Å². The zero-order valence-electron chi connectivity index (χ0n) is 15.1. The van der Waals surface area contributed by atoms with Crippen LogP contribution in [0.15, 0.2) is 0 Å². The van der Waals surface area contributed by atoms with Crippen molar-refractivity contribution < 1.29 is 27.5 Å². The third kappa shape index (κ3) is 4.82. The Hall–Kier alpha value is -1.94. The average Bonchev–Trinajstić information content (AvgIpc) is 2.92. The Labute approximate surface area is 156 Å². The summed E-state index contributed by atoms with van der Waals surface area (Å²) in [5.41, 5.74) is 0.0571. The van der Waals surface area contributed by atoms with Crippen molar-refractivity contribution in [1.82, 2.24) is 5.32 Å². The van der Waals surface area contributed by atoms with Crippen LogP contribution in [0.2, 0.25) is 0 Å². The Balaban J connectivity index is 2.01. The van der Waals surface area contributed by atoms with Crippen molar-refractivity contribution in [2.45, 2.75) is 39.7 Å². The lowest BCUT2D eigenvalue weighted by Gasteiger charge is -2.23. The van der Waals surface area contributed by atoms with E-state index >= 15 is 0 Å². The van der Waals surface area contributed by atoms with Crippen LogP contribution in [-0.2, 0) is 24.2 Å². The Kier molecular flexibility index (Phi) is 5.76. The lowest BCUT2D eigenvalue weighted by atomic mass is 10.0. The van der Waals surface area contributed by atoms with Crippen LogP contribution in [0.1, 0.15) is 41.1 Å². The highest BCUT2D eigenvalue weighted by Gasteiger charge is 2.39. The van der Waals surface area contributed by atoms with Gasteiger partial charge in [0.05, 0.1) is 22.6 Å². The lowest BCUT2D eigenvalue weighted by molar-refractivity contribution is -0.125. The van der Waals surface area contributed by atoms with E-state index in [1.807, 2.05) is 6.92 Å². The molecule has 10 heteroatoms. The van der Waals surface area contributed by atoms with Crippen LogP contribution in [0, 0.1) is 13.8 Å². The zero-order valence-corrected chi connectivity index (χ0v) is 16.7. The number of carbonyl (C=O) groups is 3. The van der Waals surface area contributed by atoms with Gasteiger partial charge < -0.3 is 15.4 Å². The first-order valence-electron chi connectivity index (χ1n) is 7.98. The molecular weight excluding hydrogens is 380 g/mol. The van der Waals surface area contributed by atoms with Crippen LogP contribution in [-0.4, -0.2) is 49.9 Å². The van der Waals surface area contributed by atoms with Crippen LogP contribution in [0.5, 0.6) is 0 Å². The Bertz CT molecular complexity index is 858. The molecule has 1 fully saturated rings. The fourth-order valence-electron chi connectivity index (χ4n) is 2.81. The van der Waals surface area contributed by atoms with Gasteiger partial charge in [0.25, 0.3) is 5.91 Å². The molecule has 0 radical (unpaired) electrons. The van der Waals surface area contributed by atoms with E-state index in [9.17, 15) is 22.8 Å². The minimum Gasteiger partial charge on any atom is -0.452 e. The number of carbonyl (C=O) groups excluding carboxylic acids is 3. The van der Waals surface area contributed by atoms with E-state index in [0.29, 0.717) is 17.0 Å². The molecule has 0 unspecified atom stereocenters. The molecule has 1 aromatic heterocycles. The predicted molar refractivity (Wildman–Crippen MR) is 98.2 cm³/mol. The minimum absolute atomic E-state index is 0.0248. The number of hydrogen-bond donors (Lipinski definition) is 2. The molecule has 1 saturated heterocycles. The van der Waals surface area contributed by atoms with E-state index < -0.39 is 33.9 Å². The second kappa shape index (κ2) is 7.36. The van der Waals surface area contributed by atoms with Gasteiger partial charge in [-0.25, -0.2) is 13.2 Å². The summed E-state index contributed by atoms with van der Waals surface area (Å²) in [6.45, 7) is 6.01. The van der Waals surface area contributed by atoms with Crippen LogP contribution in [0.3, 0.4) is 0 Å². The summed E-state index contributed by atoms with van der Waals surface area (Å²) in [4.78, 5) is 36.6. The average molecular weight is 402 g/mol. The van der Waals surface area contributed by atoms with Gasteiger partial charge in [-0.05, 0) is 32.8 Å². The fraction of sp³-hybridized carbons (Fsp3) is 0.562. The maximum atomic E-state index is 12.4. The molecule has 2 heterocycles. The molecule has 1 aliphatic rings. The van der Waals surface area contributed by atoms with Gasteiger partial charge in [0.15, 0.2) is 16.4 Å². The SMILES string of the molecule is CC(=O)Nc1sc(C)c(C)c1C(=O)OCC(=O)N[C@@]1(C)CCS(=O)(=O)C1. The van der Waals surface area contributed by atoms with Crippen LogP contribution in [0.25, 0.3) is 0 Å². The third-order valence-electron chi connectivity index (χ3n) is 4.16. The molecule has 0 aliphatic carbocycles. The van der Waals surface area contributed by atoms with Crippen molar-refractivity contribution in [2.75, 3.05) is 23.4 Å². The highest BCUT2D eigenvalue weighted by Crippen LogP contribution is 2.33. The van der Waals surface area contributed by atoms with Crippen molar-refractivity contribution in [3.8, 4) is 0 Å². The first-order valence-corrected chi connectivity index (χ1v) is 10.6. The highest BCUT2D eigenvalue weighted by molar-refractivity contribution is 7.91. The molecule has 1 atom stereocenters. The predicted octanol–water partition coefficient (Wildman–Crippen LogP) is 1.17. The summed E-state index contributed by atoms with van der Waals surface area (Å²) < 4.78 is 28.2. The van der Waals surface area contributed by atoms with Gasteiger partial charge in [-0.1, -0.05) is 0 Å². The van der Waals surface area contributed by atoms with E-state index in [-0.39, 0.29) is 23.0 Å². The molecule has 2 N–H and O–H groups in total. The summed E-state index contributed by atoms with van der Waals surface area (Å²) in [5, 5.41) is 5.59. The number of sulfone groups is 1. The van der Waals surface area contributed by atoms with E-state index in [0.717, 1.165) is 4.88 Å². The molecule has 2 rings (SSSR count). The van der Waals surface area contributed by atoms with E-state index in [1.165, 1.54) is 18.3 Å². The summed E-state index contributed by atoms with van der Waals surface area (Å²) in [7, 11) is -3.16.